The first-order valence-electron chi connectivity index (χ1n) is 3.18. The Morgan fingerprint density at radius 3 is 1.43 bits per heavy atom. The average molecular weight is 248 g/mol. The molecule has 0 aliphatic rings. The Kier molecular flexibility index (Phi) is 10.3. The summed E-state index contributed by atoms with van der Waals surface area (Å²) in [6.45, 7) is 0. The molecule has 0 aliphatic heterocycles. The van der Waals surface area contributed by atoms with Crippen molar-refractivity contribution in [3.63, 3.8) is 0 Å². The molecule has 0 aliphatic carbocycles. The predicted molar refractivity (Wildman–Crippen MR) is 56.1 cm³/mol. The van der Waals surface area contributed by atoms with Crippen LogP contribution in [0.15, 0.2) is 24.3 Å². The minimum atomic E-state index is -1.23. The van der Waals surface area contributed by atoms with Crippen LogP contribution in [0, 0.1) is 0 Å². The van der Waals surface area contributed by atoms with E-state index in [1.165, 1.54) is 24.3 Å². The number of hydrogen-bond acceptors (Lipinski definition) is 2. The van der Waals surface area contributed by atoms with Crippen molar-refractivity contribution in [1.82, 2.24) is 0 Å². The molecule has 2 N–H and O–H groups in total. The topological polar surface area (TPSA) is 74.6 Å². The van der Waals surface area contributed by atoms with E-state index in [0.29, 0.717) is 0 Å². The number of carboxylic acids is 2. The molecule has 0 bridgehead atoms. The second-order valence-corrected chi connectivity index (χ2v) is 2.16. The van der Waals surface area contributed by atoms with Crippen LogP contribution in [0.2, 0.25) is 0 Å². The second-order valence-electron chi connectivity index (χ2n) is 2.16. The van der Waals surface area contributed by atoms with Gasteiger partial charge in [0.2, 0.25) is 0 Å². The molecule has 0 atom stereocenters. The van der Waals surface area contributed by atoms with E-state index in [4.69, 9.17) is 10.2 Å². The second kappa shape index (κ2) is 8.24. The first-order chi connectivity index (χ1) is 5.63. The summed E-state index contributed by atoms with van der Waals surface area (Å²) in [5.41, 5.74) is -0.380. The molecule has 0 saturated carbocycles. The quantitative estimate of drug-likeness (QED) is 0.693. The van der Waals surface area contributed by atoms with E-state index in [1.807, 2.05) is 0 Å². The predicted octanol–water partition coefficient (Wildman–Crippen LogP) is -0.482. The molecule has 0 radical (unpaired) electrons. The van der Waals surface area contributed by atoms with Gasteiger partial charge in [-0.1, -0.05) is 12.1 Å². The fourth-order valence-electron chi connectivity index (χ4n) is 0.856. The molecular formula is C8H9CaKO4. The third-order valence-corrected chi connectivity index (χ3v) is 1.39. The monoisotopic (exact) mass is 248 g/mol. The number of carboxylic acid groups (broad SMARTS) is 2. The van der Waals surface area contributed by atoms with Gasteiger partial charge in [-0.15, -0.1) is 0 Å². The first kappa shape index (κ1) is 17.5. The fourth-order valence-corrected chi connectivity index (χ4v) is 0.856. The molecule has 1 rings (SSSR count). The molecule has 0 amide bonds. The van der Waals surface area contributed by atoms with Crippen molar-refractivity contribution in [2.75, 3.05) is 0 Å². The van der Waals surface area contributed by atoms with Gasteiger partial charge in [-0.3, -0.25) is 0 Å². The Balaban J connectivity index is 0. The Hall–Kier alpha value is 1.06. The van der Waals surface area contributed by atoms with Crippen LogP contribution < -0.4 is 0 Å². The van der Waals surface area contributed by atoms with E-state index in [1.54, 1.807) is 0 Å². The number of hydrogen-bond donors (Lipinski definition) is 2. The summed E-state index contributed by atoms with van der Waals surface area (Å²) in [7, 11) is 0. The zero-order chi connectivity index (χ0) is 9.14. The molecule has 4 nitrogen and oxygen atoms in total. The van der Waals surface area contributed by atoms with Crippen molar-refractivity contribution < 1.29 is 19.8 Å². The van der Waals surface area contributed by atoms with Gasteiger partial charge in [-0.2, -0.15) is 0 Å². The zero-order valence-corrected chi connectivity index (χ0v) is 6.02. The zero-order valence-electron chi connectivity index (χ0n) is 6.02. The molecule has 6 heteroatoms. The normalized spacial score (nSPS) is 8.00. The Morgan fingerprint density at radius 1 is 0.929 bits per heavy atom. The third kappa shape index (κ3) is 4.72. The van der Waals surface area contributed by atoms with E-state index in [9.17, 15) is 9.59 Å². The van der Waals surface area contributed by atoms with Gasteiger partial charge in [0.15, 0.2) is 0 Å². The number of aromatic carboxylic acids is 2. The number of carbonyl (C=O) groups is 2. The summed E-state index contributed by atoms with van der Waals surface area (Å²) >= 11 is 0. The summed E-state index contributed by atoms with van der Waals surface area (Å²) in [6, 6.07) is 5.48. The van der Waals surface area contributed by atoms with E-state index in [-0.39, 0.29) is 100 Å². The summed E-state index contributed by atoms with van der Waals surface area (Å²) < 4.78 is 0. The molecule has 0 spiro atoms. The van der Waals surface area contributed by atoms with Crippen LogP contribution in [0.5, 0.6) is 0 Å². The van der Waals surface area contributed by atoms with Crippen molar-refractivity contribution >= 4 is 101 Å². The minimum absolute atomic E-state index is 0. The summed E-state index contributed by atoms with van der Waals surface area (Å²) in [5, 5.41) is 17.1. The third-order valence-electron chi connectivity index (χ3n) is 1.39. The Morgan fingerprint density at radius 2 is 1.21 bits per heavy atom. The van der Waals surface area contributed by atoms with Gasteiger partial charge in [-0.05, 0) is 12.1 Å². The molecule has 1 aromatic rings. The Labute approximate surface area is 153 Å². The van der Waals surface area contributed by atoms with Crippen molar-refractivity contribution in [2.24, 2.45) is 0 Å². The molecule has 0 fully saturated rings. The van der Waals surface area contributed by atoms with E-state index < -0.39 is 11.9 Å². The maximum atomic E-state index is 10.5. The number of benzene rings is 1. The van der Waals surface area contributed by atoms with E-state index in [0.717, 1.165) is 0 Å². The van der Waals surface area contributed by atoms with Crippen molar-refractivity contribution in [3.8, 4) is 0 Å². The van der Waals surface area contributed by atoms with Gasteiger partial charge in [0.1, 0.15) is 0 Å². The van der Waals surface area contributed by atoms with Crippen molar-refractivity contribution in [3.05, 3.63) is 35.4 Å². The molecule has 0 heterocycles. The van der Waals surface area contributed by atoms with Crippen LogP contribution in [0.3, 0.4) is 0 Å². The summed E-state index contributed by atoms with van der Waals surface area (Å²) in [4.78, 5) is 20.9. The van der Waals surface area contributed by atoms with Crippen LogP contribution in [0.25, 0.3) is 0 Å². The van der Waals surface area contributed by atoms with E-state index >= 15 is 0 Å². The van der Waals surface area contributed by atoms with Crippen LogP contribution in [-0.2, 0) is 0 Å². The van der Waals surface area contributed by atoms with Gasteiger partial charge in [0.25, 0.3) is 0 Å². The first-order valence-corrected chi connectivity index (χ1v) is 3.18. The standard InChI is InChI=1S/C8H6O4.Ca.K.3H/c9-7(10)5-3-1-2-4-6(5)8(11)12;;;;;/h1-4H,(H,9,10)(H,11,12);;;;;. The van der Waals surface area contributed by atoms with E-state index in [2.05, 4.69) is 0 Å². The molecule has 14 heavy (non-hydrogen) atoms. The van der Waals surface area contributed by atoms with Crippen LogP contribution in [-0.4, -0.2) is 111 Å². The van der Waals surface area contributed by atoms with Crippen molar-refractivity contribution in [2.45, 2.75) is 0 Å². The number of rotatable bonds is 2. The SMILES string of the molecule is O=C(O)c1ccccc1C(=O)O.[CaH2].[KH]. The summed E-state index contributed by atoms with van der Waals surface area (Å²) in [5.74, 6) is -2.46. The van der Waals surface area contributed by atoms with Crippen LogP contribution >= 0.6 is 0 Å². The molecule has 0 saturated heterocycles. The van der Waals surface area contributed by atoms with Gasteiger partial charge < -0.3 is 10.2 Å². The van der Waals surface area contributed by atoms with Crippen LogP contribution in [0.4, 0.5) is 0 Å². The average Bonchev–Trinajstić information content (AvgIpc) is 2.04. The fraction of sp³-hybridized carbons (Fsp3) is 0. The van der Waals surface area contributed by atoms with Gasteiger partial charge in [-0.25, -0.2) is 9.59 Å². The van der Waals surface area contributed by atoms with Crippen LogP contribution in [0.1, 0.15) is 20.7 Å². The molecule has 68 valence electrons. The van der Waals surface area contributed by atoms with Gasteiger partial charge in [0, 0.05) is 0 Å². The Bertz CT molecular complexity index is 307. The summed E-state index contributed by atoms with van der Waals surface area (Å²) in [6.07, 6.45) is 0. The maximum absolute atomic E-state index is 10.5. The van der Waals surface area contributed by atoms with Gasteiger partial charge >= 0.3 is 101 Å². The molecule has 0 unspecified atom stereocenters. The molecule has 0 aromatic heterocycles. The van der Waals surface area contributed by atoms with Crippen molar-refractivity contribution in [1.29, 1.82) is 0 Å². The molecular weight excluding hydrogens is 239 g/mol. The van der Waals surface area contributed by atoms with Gasteiger partial charge in [0.05, 0.1) is 11.1 Å². The molecule has 1 aromatic carbocycles.